The summed E-state index contributed by atoms with van der Waals surface area (Å²) in [5.41, 5.74) is 1.74. The molecule has 0 saturated heterocycles. The van der Waals surface area contributed by atoms with Crippen molar-refractivity contribution in [3.05, 3.63) is 48.5 Å². The van der Waals surface area contributed by atoms with Crippen molar-refractivity contribution in [1.29, 1.82) is 0 Å². The van der Waals surface area contributed by atoms with E-state index in [0.29, 0.717) is 23.5 Å². The van der Waals surface area contributed by atoms with E-state index in [0.717, 1.165) is 4.90 Å². The summed E-state index contributed by atoms with van der Waals surface area (Å²) in [5.74, 6) is -0.242. The third-order valence-electron chi connectivity index (χ3n) is 3.76. The van der Waals surface area contributed by atoms with Gasteiger partial charge in [0.15, 0.2) is 0 Å². The molecule has 0 fully saturated rings. The monoisotopic (exact) mass is 435 g/mol. The molecule has 1 unspecified atom stereocenters. The highest BCUT2D eigenvalue weighted by Crippen LogP contribution is 2.26. The molecule has 0 heterocycles. The van der Waals surface area contributed by atoms with Gasteiger partial charge in [-0.3, -0.25) is 14.3 Å². The van der Waals surface area contributed by atoms with Crippen LogP contribution in [-0.2, 0) is 19.6 Å². The van der Waals surface area contributed by atoms with Crippen LogP contribution in [-0.4, -0.2) is 31.2 Å². The number of anilines is 3. The van der Waals surface area contributed by atoms with Gasteiger partial charge >= 0.3 is 0 Å². The fraction of sp³-hybridized carbons (Fsp3) is 0.300. The van der Waals surface area contributed by atoms with E-state index in [1.165, 1.54) is 18.7 Å². The number of benzene rings is 2. The van der Waals surface area contributed by atoms with E-state index >= 15 is 0 Å². The van der Waals surface area contributed by atoms with Gasteiger partial charge in [-0.1, -0.05) is 6.92 Å². The molecule has 1 atom stereocenters. The molecule has 0 radical (unpaired) electrons. The fourth-order valence-electron chi connectivity index (χ4n) is 2.44. The molecule has 0 aromatic heterocycles. The summed E-state index contributed by atoms with van der Waals surface area (Å²) in [6.45, 7) is 5.05. The average molecular weight is 436 g/mol. The standard InChI is InChI=1S/C20H25N3O4S2/c1-4-13-29(26,27)23-18-7-5-17(6-8-18)22-20(25)14(2)28-19-11-9-16(10-12-19)21-15(3)24/h5-12,14,23H,4,13H2,1-3H3,(H,21,24)(H,22,25). The molecule has 2 aromatic carbocycles. The minimum absolute atomic E-state index is 0.0615. The van der Waals surface area contributed by atoms with Crippen molar-refractivity contribution in [3.63, 3.8) is 0 Å². The summed E-state index contributed by atoms with van der Waals surface area (Å²) in [4.78, 5) is 24.4. The second kappa shape index (κ2) is 10.3. The minimum atomic E-state index is -3.34. The van der Waals surface area contributed by atoms with E-state index in [1.807, 2.05) is 12.1 Å². The van der Waals surface area contributed by atoms with Gasteiger partial charge in [0.2, 0.25) is 21.8 Å². The Morgan fingerprint density at radius 1 is 0.931 bits per heavy atom. The molecular formula is C20H25N3O4S2. The van der Waals surface area contributed by atoms with Crippen LogP contribution in [0.5, 0.6) is 0 Å². The fourth-order valence-corrected chi connectivity index (χ4v) is 4.44. The van der Waals surface area contributed by atoms with E-state index in [4.69, 9.17) is 0 Å². The molecule has 0 bridgehead atoms. The van der Waals surface area contributed by atoms with Crippen molar-refractivity contribution < 1.29 is 18.0 Å². The lowest BCUT2D eigenvalue weighted by atomic mass is 10.3. The van der Waals surface area contributed by atoms with Crippen molar-refractivity contribution in [2.24, 2.45) is 0 Å². The molecule has 0 aliphatic carbocycles. The van der Waals surface area contributed by atoms with Crippen LogP contribution in [0.1, 0.15) is 27.2 Å². The number of amides is 2. The molecule has 2 amide bonds. The molecule has 0 aliphatic rings. The van der Waals surface area contributed by atoms with Crippen molar-refractivity contribution in [2.75, 3.05) is 21.1 Å². The Balaban J connectivity index is 1.91. The highest BCUT2D eigenvalue weighted by Gasteiger charge is 2.15. The van der Waals surface area contributed by atoms with Crippen LogP contribution < -0.4 is 15.4 Å². The molecular weight excluding hydrogens is 410 g/mol. The second-order valence-electron chi connectivity index (χ2n) is 6.45. The first-order valence-electron chi connectivity index (χ1n) is 9.14. The van der Waals surface area contributed by atoms with Crippen LogP contribution in [0.4, 0.5) is 17.1 Å². The van der Waals surface area contributed by atoms with Gasteiger partial charge in [-0.25, -0.2) is 8.42 Å². The van der Waals surface area contributed by atoms with Gasteiger partial charge in [0.05, 0.1) is 11.0 Å². The Bertz CT molecular complexity index is 943. The van der Waals surface area contributed by atoms with E-state index in [9.17, 15) is 18.0 Å². The first-order valence-corrected chi connectivity index (χ1v) is 11.7. The third kappa shape index (κ3) is 7.78. The van der Waals surface area contributed by atoms with Gasteiger partial charge in [0, 0.05) is 28.9 Å². The maximum Gasteiger partial charge on any atom is 0.237 e. The predicted octanol–water partition coefficient (Wildman–Crippen LogP) is 3.92. The van der Waals surface area contributed by atoms with Crippen LogP contribution in [0, 0.1) is 0 Å². The third-order valence-corrected chi connectivity index (χ3v) is 6.36. The zero-order chi connectivity index (χ0) is 21.4. The van der Waals surface area contributed by atoms with E-state index < -0.39 is 10.0 Å². The summed E-state index contributed by atoms with van der Waals surface area (Å²) in [7, 11) is -3.34. The highest BCUT2D eigenvalue weighted by molar-refractivity contribution is 8.00. The molecule has 0 saturated carbocycles. The topological polar surface area (TPSA) is 104 Å². The second-order valence-corrected chi connectivity index (χ2v) is 9.71. The van der Waals surface area contributed by atoms with Gasteiger partial charge in [-0.05, 0) is 61.9 Å². The Morgan fingerprint density at radius 3 is 2.00 bits per heavy atom. The van der Waals surface area contributed by atoms with Crippen LogP contribution in [0.3, 0.4) is 0 Å². The van der Waals surface area contributed by atoms with Crippen LogP contribution in [0.25, 0.3) is 0 Å². The summed E-state index contributed by atoms with van der Waals surface area (Å²) >= 11 is 1.40. The van der Waals surface area contributed by atoms with Crippen LogP contribution in [0.15, 0.2) is 53.4 Å². The summed E-state index contributed by atoms with van der Waals surface area (Å²) in [5, 5.41) is 5.17. The Labute approximate surface area is 175 Å². The minimum Gasteiger partial charge on any atom is -0.326 e. The SMILES string of the molecule is CCCS(=O)(=O)Nc1ccc(NC(=O)C(C)Sc2ccc(NC(C)=O)cc2)cc1. The highest BCUT2D eigenvalue weighted by atomic mass is 32.2. The number of nitrogens with one attached hydrogen (secondary N) is 3. The van der Waals surface area contributed by atoms with Gasteiger partial charge in [0.1, 0.15) is 0 Å². The van der Waals surface area contributed by atoms with E-state index in [-0.39, 0.29) is 22.8 Å². The van der Waals surface area contributed by atoms with Gasteiger partial charge in [-0.15, -0.1) is 11.8 Å². The smallest absolute Gasteiger partial charge is 0.237 e. The lowest BCUT2D eigenvalue weighted by Crippen LogP contribution is -2.22. The molecule has 156 valence electrons. The molecule has 2 rings (SSSR count). The molecule has 3 N–H and O–H groups in total. The first-order chi connectivity index (χ1) is 13.7. The molecule has 2 aromatic rings. The molecule has 9 heteroatoms. The number of rotatable bonds is 9. The summed E-state index contributed by atoms with van der Waals surface area (Å²) in [6.07, 6.45) is 0.537. The van der Waals surface area contributed by atoms with Gasteiger partial charge in [-0.2, -0.15) is 0 Å². The predicted molar refractivity (Wildman–Crippen MR) is 119 cm³/mol. The van der Waals surface area contributed by atoms with E-state index in [1.54, 1.807) is 50.2 Å². The van der Waals surface area contributed by atoms with Gasteiger partial charge in [0.25, 0.3) is 0 Å². The van der Waals surface area contributed by atoms with Crippen molar-refractivity contribution in [3.8, 4) is 0 Å². The molecule has 29 heavy (non-hydrogen) atoms. The maximum atomic E-state index is 12.4. The Kier molecular flexibility index (Phi) is 8.10. The summed E-state index contributed by atoms with van der Waals surface area (Å²) < 4.78 is 26.1. The van der Waals surface area contributed by atoms with Crippen LogP contribution >= 0.6 is 11.8 Å². The van der Waals surface area contributed by atoms with E-state index in [2.05, 4.69) is 15.4 Å². The number of thioether (sulfide) groups is 1. The normalized spacial score (nSPS) is 12.1. The number of hydrogen-bond acceptors (Lipinski definition) is 5. The quantitative estimate of drug-likeness (QED) is 0.518. The maximum absolute atomic E-state index is 12.4. The zero-order valence-electron chi connectivity index (χ0n) is 16.6. The molecule has 7 nitrogen and oxygen atoms in total. The number of carbonyl (C=O) groups excluding carboxylic acids is 2. The average Bonchev–Trinajstić information content (AvgIpc) is 2.64. The lowest BCUT2D eigenvalue weighted by Gasteiger charge is -2.13. The number of carbonyl (C=O) groups is 2. The summed E-state index contributed by atoms with van der Waals surface area (Å²) in [6, 6.07) is 13.8. The van der Waals surface area contributed by atoms with Crippen molar-refractivity contribution >= 4 is 50.7 Å². The largest absolute Gasteiger partial charge is 0.326 e. The van der Waals surface area contributed by atoms with Crippen molar-refractivity contribution in [1.82, 2.24) is 0 Å². The first kappa shape index (κ1) is 22.8. The Hall–Kier alpha value is -2.52. The zero-order valence-corrected chi connectivity index (χ0v) is 18.2. The number of hydrogen-bond donors (Lipinski definition) is 3. The molecule has 0 spiro atoms. The van der Waals surface area contributed by atoms with Crippen molar-refractivity contribution in [2.45, 2.75) is 37.3 Å². The Morgan fingerprint density at radius 2 is 1.45 bits per heavy atom. The molecule has 0 aliphatic heterocycles. The van der Waals surface area contributed by atoms with Crippen LogP contribution in [0.2, 0.25) is 0 Å². The van der Waals surface area contributed by atoms with Gasteiger partial charge < -0.3 is 10.6 Å². The number of sulfonamides is 1. The lowest BCUT2D eigenvalue weighted by molar-refractivity contribution is -0.115.